The molecule has 0 saturated heterocycles. The van der Waals surface area contributed by atoms with Crippen molar-refractivity contribution in [2.24, 2.45) is 0 Å². The SMILES string of the molecule is C#CC1=CCOC=C1. The fourth-order valence-corrected chi connectivity index (χ4v) is 0.490. The minimum absolute atomic E-state index is 0.607. The van der Waals surface area contributed by atoms with Crippen LogP contribution < -0.4 is 0 Å². The van der Waals surface area contributed by atoms with Gasteiger partial charge in [0.25, 0.3) is 0 Å². The smallest absolute Gasteiger partial charge is 0.107 e. The zero-order chi connectivity index (χ0) is 5.82. The highest BCUT2D eigenvalue weighted by Gasteiger charge is 1.89. The van der Waals surface area contributed by atoms with Gasteiger partial charge in [0, 0.05) is 5.57 Å². The van der Waals surface area contributed by atoms with Crippen LogP contribution in [-0.4, -0.2) is 6.61 Å². The van der Waals surface area contributed by atoms with E-state index < -0.39 is 0 Å². The molecule has 1 aliphatic heterocycles. The van der Waals surface area contributed by atoms with Crippen LogP contribution in [0.4, 0.5) is 0 Å². The van der Waals surface area contributed by atoms with Crippen LogP contribution in [0.25, 0.3) is 0 Å². The Bertz CT molecular complexity index is 169. The van der Waals surface area contributed by atoms with Gasteiger partial charge in [0.05, 0.1) is 6.26 Å². The van der Waals surface area contributed by atoms with Crippen LogP contribution >= 0.6 is 0 Å². The average molecular weight is 106 g/mol. The number of rotatable bonds is 0. The van der Waals surface area contributed by atoms with Crippen LogP contribution in [-0.2, 0) is 4.74 Å². The van der Waals surface area contributed by atoms with Crippen molar-refractivity contribution in [1.29, 1.82) is 0 Å². The van der Waals surface area contributed by atoms with Gasteiger partial charge in [0.15, 0.2) is 0 Å². The summed E-state index contributed by atoms with van der Waals surface area (Å²) in [6.45, 7) is 0.607. The highest BCUT2D eigenvalue weighted by atomic mass is 16.5. The Kier molecular flexibility index (Phi) is 1.39. The van der Waals surface area contributed by atoms with Gasteiger partial charge >= 0.3 is 0 Å². The molecule has 0 radical (unpaired) electrons. The molecule has 0 bridgehead atoms. The molecule has 0 atom stereocenters. The molecule has 1 aliphatic rings. The summed E-state index contributed by atoms with van der Waals surface area (Å²) in [7, 11) is 0. The molecule has 0 aromatic heterocycles. The van der Waals surface area contributed by atoms with Gasteiger partial charge in [0.2, 0.25) is 0 Å². The van der Waals surface area contributed by atoms with Gasteiger partial charge in [-0.25, -0.2) is 0 Å². The first-order valence-corrected chi connectivity index (χ1v) is 2.38. The third-order valence-electron chi connectivity index (χ3n) is 0.910. The Hall–Kier alpha value is -1.16. The van der Waals surface area contributed by atoms with Crippen LogP contribution in [0, 0.1) is 12.3 Å². The lowest BCUT2D eigenvalue weighted by molar-refractivity contribution is 0.285. The van der Waals surface area contributed by atoms with Crippen LogP contribution in [0.5, 0.6) is 0 Å². The summed E-state index contributed by atoms with van der Waals surface area (Å²) in [6, 6.07) is 0. The minimum Gasteiger partial charge on any atom is -0.497 e. The molecule has 0 aliphatic carbocycles. The zero-order valence-electron chi connectivity index (χ0n) is 4.42. The molecule has 1 heterocycles. The molecule has 0 fully saturated rings. The van der Waals surface area contributed by atoms with E-state index in [1.165, 1.54) is 0 Å². The van der Waals surface area contributed by atoms with Gasteiger partial charge in [-0.05, 0) is 12.2 Å². The molecule has 0 spiro atoms. The van der Waals surface area contributed by atoms with Crippen molar-refractivity contribution in [3.8, 4) is 12.3 Å². The van der Waals surface area contributed by atoms with Crippen molar-refractivity contribution >= 4 is 0 Å². The Morgan fingerprint density at radius 2 is 2.62 bits per heavy atom. The van der Waals surface area contributed by atoms with E-state index in [2.05, 4.69) is 5.92 Å². The van der Waals surface area contributed by atoms with Gasteiger partial charge in [-0.3, -0.25) is 0 Å². The van der Waals surface area contributed by atoms with E-state index in [9.17, 15) is 0 Å². The van der Waals surface area contributed by atoms with E-state index in [4.69, 9.17) is 11.2 Å². The molecule has 0 aromatic carbocycles. The topological polar surface area (TPSA) is 9.23 Å². The fourth-order valence-electron chi connectivity index (χ4n) is 0.490. The maximum atomic E-state index is 5.08. The van der Waals surface area contributed by atoms with Crippen molar-refractivity contribution in [1.82, 2.24) is 0 Å². The van der Waals surface area contributed by atoms with Crippen LogP contribution in [0.15, 0.2) is 24.0 Å². The average Bonchev–Trinajstić information content (AvgIpc) is 1.90. The quantitative estimate of drug-likeness (QED) is 0.420. The Morgan fingerprint density at radius 1 is 1.75 bits per heavy atom. The summed E-state index contributed by atoms with van der Waals surface area (Å²) in [4.78, 5) is 0. The number of allylic oxidation sites excluding steroid dienone is 2. The molecule has 0 amide bonds. The number of hydrogen-bond acceptors (Lipinski definition) is 1. The first-order chi connectivity index (χ1) is 3.93. The molecular formula is C7H6O. The summed E-state index contributed by atoms with van der Waals surface area (Å²) in [5.74, 6) is 2.50. The monoisotopic (exact) mass is 106 g/mol. The summed E-state index contributed by atoms with van der Waals surface area (Å²) in [5.41, 5.74) is 0.899. The van der Waals surface area contributed by atoms with E-state index >= 15 is 0 Å². The van der Waals surface area contributed by atoms with Crippen molar-refractivity contribution in [2.45, 2.75) is 0 Å². The lowest BCUT2D eigenvalue weighted by Gasteiger charge is -2.00. The summed E-state index contributed by atoms with van der Waals surface area (Å²) in [6.07, 6.45) is 10.3. The van der Waals surface area contributed by atoms with Gasteiger partial charge in [-0.1, -0.05) is 5.92 Å². The molecule has 1 heteroatoms. The maximum absolute atomic E-state index is 5.08. The van der Waals surface area contributed by atoms with Crippen molar-refractivity contribution in [3.05, 3.63) is 24.0 Å². The van der Waals surface area contributed by atoms with Gasteiger partial charge in [-0.2, -0.15) is 0 Å². The number of hydrogen-bond donors (Lipinski definition) is 0. The largest absolute Gasteiger partial charge is 0.497 e. The third-order valence-corrected chi connectivity index (χ3v) is 0.910. The lowest BCUT2D eigenvalue weighted by atomic mass is 10.2. The molecule has 0 unspecified atom stereocenters. The van der Waals surface area contributed by atoms with E-state index in [0.717, 1.165) is 5.57 Å². The van der Waals surface area contributed by atoms with E-state index in [1.54, 1.807) is 12.3 Å². The van der Waals surface area contributed by atoms with Crippen molar-refractivity contribution in [3.63, 3.8) is 0 Å². The maximum Gasteiger partial charge on any atom is 0.107 e. The normalized spacial score (nSPS) is 16.1. The predicted octanol–water partition coefficient (Wildman–Crippen LogP) is 1.09. The molecule has 40 valence electrons. The molecule has 0 aromatic rings. The standard InChI is InChI=1S/C7H6O/c1-2-7-3-5-8-6-4-7/h1,3-5H,6H2. The van der Waals surface area contributed by atoms with Crippen LogP contribution in [0.2, 0.25) is 0 Å². The fraction of sp³-hybridized carbons (Fsp3) is 0.143. The second-order valence-electron chi connectivity index (χ2n) is 1.44. The summed E-state index contributed by atoms with van der Waals surface area (Å²) >= 11 is 0. The van der Waals surface area contributed by atoms with E-state index in [-0.39, 0.29) is 0 Å². The molecule has 1 nitrogen and oxygen atoms in total. The first-order valence-electron chi connectivity index (χ1n) is 2.38. The van der Waals surface area contributed by atoms with Crippen LogP contribution in [0.3, 0.4) is 0 Å². The van der Waals surface area contributed by atoms with Gasteiger partial charge < -0.3 is 4.74 Å². The third kappa shape index (κ3) is 0.913. The van der Waals surface area contributed by atoms with Gasteiger partial charge in [0.1, 0.15) is 6.61 Å². The highest BCUT2D eigenvalue weighted by Crippen LogP contribution is 1.99. The zero-order valence-corrected chi connectivity index (χ0v) is 4.42. The lowest BCUT2D eigenvalue weighted by Crippen LogP contribution is -1.88. The molecule has 0 saturated carbocycles. The number of terminal acetylenes is 1. The Balaban J connectivity index is 2.68. The second kappa shape index (κ2) is 2.23. The van der Waals surface area contributed by atoms with Crippen LogP contribution in [0.1, 0.15) is 0 Å². The molecule has 0 N–H and O–H groups in total. The Morgan fingerprint density at radius 3 is 3.00 bits per heavy atom. The molecule has 1 rings (SSSR count). The summed E-state index contributed by atoms with van der Waals surface area (Å²) < 4.78 is 4.85. The molecule has 8 heavy (non-hydrogen) atoms. The second-order valence-corrected chi connectivity index (χ2v) is 1.44. The Labute approximate surface area is 48.7 Å². The van der Waals surface area contributed by atoms with E-state index in [1.807, 2.05) is 6.08 Å². The molecular weight excluding hydrogens is 100 g/mol. The predicted molar refractivity (Wildman–Crippen MR) is 32.0 cm³/mol. The summed E-state index contributed by atoms with van der Waals surface area (Å²) in [5, 5.41) is 0. The highest BCUT2D eigenvalue weighted by molar-refractivity contribution is 5.36. The minimum atomic E-state index is 0.607. The first kappa shape index (κ1) is 4.99. The van der Waals surface area contributed by atoms with Crippen molar-refractivity contribution in [2.75, 3.05) is 6.61 Å². The number of ether oxygens (including phenoxy) is 1. The van der Waals surface area contributed by atoms with E-state index in [0.29, 0.717) is 6.61 Å². The van der Waals surface area contributed by atoms with Crippen molar-refractivity contribution < 1.29 is 4.74 Å². The van der Waals surface area contributed by atoms with Gasteiger partial charge in [-0.15, -0.1) is 6.42 Å².